The van der Waals surface area contributed by atoms with Crippen molar-refractivity contribution in [1.82, 2.24) is 10.3 Å². The van der Waals surface area contributed by atoms with Gasteiger partial charge in [-0.05, 0) is 13.8 Å². The van der Waals surface area contributed by atoms with Gasteiger partial charge < -0.3 is 5.32 Å². The van der Waals surface area contributed by atoms with Crippen LogP contribution in [0.5, 0.6) is 0 Å². The molecule has 3 rings (SSSR count). The van der Waals surface area contributed by atoms with E-state index < -0.39 is 9.84 Å². The maximum Gasteiger partial charge on any atom is 0.324 e. The molecule has 0 unspecified atom stereocenters. The Morgan fingerprint density at radius 3 is 2.72 bits per heavy atom. The van der Waals surface area contributed by atoms with E-state index in [0.717, 1.165) is 10.6 Å². The van der Waals surface area contributed by atoms with E-state index in [1.54, 1.807) is 0 Å². The fraction of sp³-hybridized carbons (Fsp3) is 0.600. The Kier molecular flexibility index (Phi) is 2.43. The Morgan fingerprint density at radius 2 is 2.11 bits per heavy atom. The molecule has 2 aliphatic heterocycles. The van der Waals surface area contributed by atoms with Crippen LogP contribution in [0.3, 0.4) is 0 Å². The largest absolute Gasteiger partial charge is 0.332 e. The van der Waals surface area contributed by atoms with Gasteiger partial charge in [0.1, 0.15) is 0 Å². The summed E-state index contributed by atoms with van der Waals surface area (Å²) in [5.74, 6) is 0.0529. The zero-order chi connectivity index (χ0) is 13.1. The van der Waals surface area contributed by atoms with Gasteiger partial charge in [0.25, 0.3) is 0 Å². The predicted octanol–water partition coefficient (Wildman–Crippen LogP) is 0.455. The summed E-state index contributed by atoms with van der Waals surface area (Å²) in [6.07, 6.45) is 0. The number of urea groups is 1. The first-order valence-electron chi connectivity index (χ1n) is 5.61. The normalized spacial score (nSPS) is 29.4. The summed E-state index contributed by atoms with van der Waals surface area (Å²) in [4.78, 5) is 18.8. The molecule has 2 saturated heterocycles. The molecule has 2 amide bonds. The molecule has 8 heteroatoms. The number of rotatable bonds is 1. The minimum Gasteiger partial charge on any atom is -0.332 e. The average Bonchev–Trinajstić information content (AvgIpc) is 2.77. The van der Waals surface area contributed by atoms with Gasteiger partial charge in [0.05, 0.1) is 29.3 Å². The van der Waals surface area contributed by atoms with Crippen molar-refractivity contribution in [2.24, 2.45) is 0 Å². The number of thiazole rings is 1. The number of amides is 2. The Morgan fingerprint density at radius 1 is 1.39 bits per heavy atom. The van der Waals surface area contributed by atoms with E-state index in [4.69, 9.17) is 0 Å². The number of hydrogen-bond acceptors (Lipinski definition) is 5. The zero-order valence-corrected chi connectivity index (χ0v) is 11.6. The zero-order valence-electron chi connectivity index (χ0n) is 10.0. The van der Waals surface area contributed by atoms with Gasteiger partial charge in [-0.15, -0.1) is 11.3 Å². The van der Waals surface area contributed by atoms with Crippen LogP contribution < -0.4 is 10.2 Å². The molecule has 0 spiro atoms. The molecule has 0 saturated carbocycles. The molecule has 0 bridgehead atoms. The average molecular weight is 287 g/mol. The third-order valence-electron chi connectivity index (χ3n) is 3.41. The van der Waals surface area contributed by atoms with E-state index in [1.165, 1.54) is 16.2 Å². The summed E-state index contributed by atoms with van der Waals surface area (Å²) in [7, 11) is -3.05. The van der Waals surface area contributed by atoms with Crippen LogP contribution in [0.2, 0.25) is 0 Å². The van der Waals surface area contributed by atoms with Crippen LogP contribution in [-0.2, 0) is 9.84 Å². The summed E-state index contributed by atoms with van der Waals surface area (Å²) in [5, 5.41) is 3.31. The minimum absolute atomic E-state index is 0.0219. The number of sulfone groups is 1. The Labute approximate surface area is 109 Å². The molecule has 3 heterocycles. The van der Waals surface area contributed by atoms with Crippen molar-refractivity contribution in [3.05, 3.63) is 10.6 Å². The number of hydrogen-bond donors (Lipinski definition) is 1. The maximum absolute atomic E-state index is 11.9. The van der Waals surface area contributed by atoms with Crippen LogP contribution in [0.1, 0.15) is 10.6 Å². The monoisotopic (exact) mass is 287 g/mol. The topological polar surface area (TPSA) is 79.4 Å². The molecule has 18 heavy (non-hydrogen) atoms. The lowest BCUT2D eigenvalue weighted by Crippen LogP contribution is -2.36. The number of nitrogens with zero attached hydrogens (tertiary/aromatic N) is 2. The van der Waals surface area contributed by atoms with Crippen molar-refractivity contribution in [3.8, 4) is 0 Å². The molecule has 0 aromatic carbocycles. The number of anilines is 1. The number of carbonyl (C=O) groups excluding carboxylic acids is 1. The predicted molar refractivity (Wildman–Crippen MR) is 68.8 cm³/mol. The lowest BCUT2D eigenvalue weighted by Gasteiger charge is -2.17. The number of aryl methyl sites for hydroxylation is 2. The Hall–Kier alpha value is -1.15. The minimum atomic E-state index is -3.05. The lowest BCUT2D eigenvalue weighted by molar-refractivity contribution is 0.251. The van der Waals surface area contributed by atoms with E-state index in [1.807, 2.05) is 13.8 Å². The standard InChI is InChI=1S/C10H13N3O3S2/c1-5-6(2)17-10(11-5)13-8-4-18(15,16)3-7(8)12-9(13)14/h7-8H,3-4H2,1-2H3,(H,12,14)/t7-,8+/m1/s1. The van der Waals surface area contributed by atoms with E-state index in [-0.39, 0.29) is 29.6 Å². The van der Waals surface area contributed by atoms with Crippen molar-refractivity contribution < 1.29 is 13.2 Å². The highest BCUT2D eigenvalue weighted by Gasteiger charge is 2.50. The highest BCUT2D eigenvalue weighted by molar-refractivity contribution is 7.91. The first-order chi connectivity index (χ1) is 8.37. The van der Waals surface area contributed by atoms with Crippen LogP contribution in [0.15, 0.2) is 0 Å². The van der Waals surface area contributed by atoms with Crippen molar-refractivity contribution in [3.63, 3.8) is 0 Å². The SMILES string of the molecule is Cc1nc(N2C(=O)N[C@@H]3CS(=O)(=O)C[C@@H]32)sc1C. The quantitative estimate of drug-likeness (QED) is 0.761. The van der Waals surface area contributed by atoms with E-state index >= 15 is 0 Å². The van der Waals surface area contributed by atoms with Crippen molar-refractivity contribution in [2.75, 3.05) is 16.4 Å². The van der Waals surface area contributed by atoms with Crippen LogP contribution in [0.25, 0.3) is 0 Å². The number of carbonyl (C=O) groups is 1. The van der Waals surface area contributed by atoms with Gasteiger partial charge in [-0.1, -0.05) is 0 Å². The van der Waals surface area contributed by atoms with Crippen LogP contribution >= 0.6 is 11.3 Å². The summed E-state index contributed by atoms with van der Waals surface area (Å²) in [6.45, 7) is 3.82. The fourth-order valence-corrected chi connectivity index (χ4v) is 5.24. The van der Waals surface area contributed by atoms with E-state index in [0.29, 0.717) is 5.13 Å². The number of aromatic nitrogens is 1. The summed E-state index contributed by atoms with van der Waals surface area (Å²) >= 11 is 1.42. The van der Waals surface area contributed by atoms with Gasteiger partial charge in [0.2, 0.25) is 0 Å². The molecular formula is C10H13N3O3S2. The highest BCUT2D eigenvalue weighted by Crippen LogP contribution is 2.33. The molecule has 6 nitrogen and oxygen atoms in total. The summed E-state index contributed by atoms with van der Waals surface area (Å²) in [5.41, 5.74) is 0.882. The van der Waals surface area contributed by atoms with Gasteiger partial charge in [-0.3, -0.25) is 4.90 Å². The maximum atomic E-state index is 11.9. The molecule has 1 aromatic heterocycles. The first-order valence-corrected chi connectivity index (χ1v) is 8.25. The van der Waals surface area contributed by atoms with Gasteiger partial charge in [-0.25, -0.2) is 18.2 Å². The van der Waals surface area contributed by atoms with Crippen LogP contribution in [0.4, 0.5) is 9.93 Å². The molecule has 1 N–H and O–H groups in total. The van der Waals surface area contributed by atoms with Gasteiger partial charge >= 0.3 is 6.03 Å². The van der Waals surface area contributed by atoms with Gasteiger partial charge in [0.15, 0.2) is 15.0 Å². The molecule has 0 radical (unpaired) electrons. The second kappa shape index (κ2) is 3.67. The third kappa shape index (κ3) is 1.71. The smallest absolute Gasteiger partial charge is 0.324 e. The number of nitrogens with one attached hydrogen (secondary N) is 1. The fourth-order valence-electron chi connectivity index (χ4n) is 2.39. The first kappa shape index (κ1) is 11.9. The third-order valence-corrected chi connectivity index (χ3v) is 6.19. The van der Waals surface area contributed by atoms with Gasteiger partial charge in [-0.2, -0.15) is 0 Å². The second-order valence-corrected chi connectivity index (χ2v) is 8.04. The summed E-state index contributed by atoms with van der Waals surface area (Å²) in [6, 6.07) is -0.854. The molecule has 1 aromatic rings. The Bertz CT molecular complexity index is 603. The molecule has 98 valence electrons. The van der Waals surface area contributed by atoms with E-state index in [2.05, 4.69) is 10.3 Å². The van der Waals surface area contributed by atoms with Crippen LogP contribution in [-0.4, -0.2) is 43.0 Å². The molecular weight excluding hydrogens is 274 g/mol. The van der Waals surface area contributed by atoms with Crippen molar-refractivity contribution in [1.29, 1.82) is 0 Å². The molecule has 2 atom stereocenters. The highest BCUT2D eigenvalue weighted by atomic mass is 32.2. The summed E-state index contributed by atoms with van der Waals surface area (Å²) < 4.78 is 23.2. The Balaban J connectivity index is 1.99. The molecule has 2 fully saturated rings. The molecule has 2 aliphatic rings. The second-order valence-electron chi connectivity index (χ2n) is 4.71. The van der Waals surface area contributed by atoms with Gasteiger partial charge in [0, 0.05) is 4.88 Å². The van der Waals surface area contributed by atoms with Crippen molar-refractivity contribution >= 4 is 32.3 Å². The molecule has 0 aliphatic carbocycles. The number of fused-ring (bicyclic) bond motifs is 1. The lowest BCUT2D eigenvalue weighted by atomic mass is 10.2. The van der Waals surface area contributed by atoms with E-state index in [9.17, 15) is 13.2 Å². The van der Waals surface area contributed by atoms with Crippen LogP contribution in [0, 0.1) is 13.8 Å². The van der Waals surface area contributed by atoms with Crippen molar-refractivity contribution in [2.45, 2.75) is 25.9 Å².